The van der Waals surface area contributed by atoms with Gasteiger partial charge in [0.25, 0.3) is 0 Å². The molecule has 0 aliphatic carbocycles. The van der Waals surface area contributed by atoms with E-state index in [4.69, 9.17) is 9.47 Å². The monoisotopic (exact) mass is 460 g/mol. The number of Topliss-reactive ketones (excluding diaryl/α,β-unsaturated/α-hetero) is 1. The molecule has 0 fully saturated rings. The molecule has 1 heterocycles. The van der Waals surface area contributed by atoms with Crippen LogP contribution >= 0.6 is 27.3 Å². The molecule has 0 aliphatic rings. The summed E-state index contributed by atoms with van der Waals surface area (Å²) >= 11 is 4.59. The van der Waals surface area contributed by atoms with E-state index in [1.807, 2.05) is 6.92 Å². The summed E-state index contributed by atoms with van der Waals surface area (Å²) in [5.74, 6) is -1.47. The summed E-state index contributed by atoms with van der Waals surface area (Å²) < 4.78 is 31.0. The van der Waals surface area contributed by atoms with Gasteiger partial charge in [0.05, 0.1) is 31.6 Å². The standard InChI is InChI=1S/C19H22BrFO5S/c1-10(19(23)25-4)7-13(22)16-8-12-15(27-16)9-14(24-3)18(17(12)21)26-6-5-11(2)20/h8-11H,5-7H2,1-4H3/t10-,11?/m0/s1. The van der Waals surface area contributed by atoms with Gasteiger partial charge in [-0.1, -0.05) is 29.8 Å². The molecule has 0 radical (unpaired) electrons. The van der Waals surface area contributed by atoms with Crippen LogP contribution in [0.15, 0.2) is 12.1 Å². The third-order valence-electron chi connectivity index (χ3n) is 4.03. The van der Waals surface area contributed by atoms with E-state index in [2.05, 4.69) is 20.7 Å². The van der Waals surface area contributed by atoms with Crippen molar-refractivity contribution < 1.29 is 28.2 Å². The number of methoxy groups -OCH3 is 2. The molecule has 0 amide bonds. The van der Waals surface area contributed by atoms with E-state index in [1.165, 1.54) is 20.3 Å². The molecular weight excluding hydrogens is 439 g/mol. The highest BCUT2D eigenvalue weighted by molar-refractivity contribution is 9.09. The number of alkyl halides is 1. The molecule has 1 aromatic heterocycles. The molecule has 0 N–H and O–H groups in total. The Morgan fingerprint density at radius 2 is 1.96 bits per heavy atom. The molecule has 0 saturated carbocycles. The van der Waals surface area contributed by atoms with Crippen molar-refractivity contribution >= 4 is 49.1 Å². The lowest BCUT2D eigenvalue weighted by Gasteiger charge is -2.12. The van der Waals surface area contributed by atoms with Crippen LogP contribution in [0.25, 0.3) is 10.1 Å². The average molecular weight is 461 g/mol. The molecule has 1 aromatic carbocycles. The van der Waals surface area contributed by atoms with E-state index >= 15 is 0 Å². The minimum atomic E-state index is -0.558. The Hall–Kier alpha value is -1.67. The zero-order valence-electron chi connectivity index (χ0n) is 15.6. The Morgan fingerprint density at radius 3 is 2.56 bits per heavy atom. The lowest BCUT2D eigenvalue weighted by molar-refractivity contribution is -0.144. The summed E-state index contributed by atoms with van der Waals surface area (Å²) in [7, 11) is 2.72. The Kier molecular flexibility index (Phi) is 7.61. The van der Waals surface area contributed by atoms with E-state index in [1.54, 1.807) is 13.0 Å². The highest BCUT2D eigenvalue weighted by Crippen LogP contribution is 2.40. The van der Waals surface area contributed by atoms with Crippen LogP contribution < -0.4 is 9.47 Å². The molecule has 8 heteroatoms. The summed E-state index contributed by atoms with van der Waals surface area (Å²) in [6.07, 6.45) is 0.712. The van der Waals surface area contributed by atoms with E-state index in [0.29, 0.717) is 28.0 Å². The van der Waals surface area contributed by atoms with Crippen molar-refractivity contribution in [3.63, 3.8) is 0 Å². The fourth-order valence-corrected chi connectivity index (χ4v) is 3.73. The quantitative estimate of drug-likeness (QED) is 0.299. The van der Waals surface area contributed by atoms with Crippen molar-refractivity contribution in [3.8, 4) is 11.5 Å². The number of carbonyl (C=O) groups is 2. The number of ether oxygens (including phenoxy) is 3. The number of thiophene rings is 1. The van der Waals surface area contributed by atoms with Crippen LogP contribution in [-0.4, -0.2) is 37.4 Å². The molecular formula is C19H22BrFO5S. The van der Waals surface area contributed by atoms with Gasteiger partial charge >= 0.3 is 5.97 Å². The molecule has 2 atom stereocenters. The topological polar surface area (TPSA) is 61.8 Å². The minimum Gasteiger partial charge on any atom is -0.493 e. The van der Waals surface area contributed by atoms with Crippen LogP contribution in [0.2, 0.25) is 0 Å². The Morgan fingerprint density at radius 1 is 1.26 bits per heavy atom. The molecule has 1 unspecified atom stereocenters. The first kappa shape index (κ1) is 21.6. The van der Waals surface area contributed by atoms with Gasteiger partial charge < -0.3 is 14.2 Å². The van der Waals surface area contributed by atoms with Crippen LogP contribution in [-0.2, 0) is 9.53 Å². The normalized spacial score (nSPS) is 13.3. The summed E-state index contributed by atoms with van der Waals surface area (Å²) in [4.78, 5) is 24.6. The molecule has 2 rings (SSSR count). The van der Waals surface area contributed by atoms with E-state index < -0.39 is 17.7 Å². The van der Waals surface area contributed by atoms with Crippen LogP contribution in [0, 0.1) is 11.7 Å². The van der Waals surface area contributed by atoms with Gasteiger partial charge in [-0.05, 0) is 12.5 Å². The van der Waals surface area contributed by atoms with Gasteiger partial charge in [0, 0.05) is 27.4 Å². The van der Waals surface area contributed by atoms with Gasteiger partial charge in [0.2, 0.25) is 0 Å². The maximum absolute atomic E-state index is 15.0. The SMILES string of the molecule is COC(=O)[C@@H](C)CC(=O)c1cc2c(F)c(OCCC(C)Br)c(OC)cc2s1. The molecule has 27 heavy (non-hydrogen) atoms. The molecule has 0 aliphatic heterocycles. The zero-order chi connectivity index (χ0) is 20.1. The number of halogens is 2. The number of carbonyl (C=O) groups excluding carboxylic acids is 2. The molecule has 148 valence electrons. The molecule has 0 saturated heterocycles. The summed E-state index contributed by atoms with van der Waals surface area (Å²) in [6, 6.07) is 3.16. The number of hydrogen-bond acceptors (Lipinski definition) is 6. The second kappa shape index (κ2) is 9.50. The van der Waals surface area contributed by atoms with Crippen LogP contribution in [0.1, 0.15) is 36.4 Å². The van der Waals surface area contributed by atoms with Crippen molar-refractivity contribution in [3.05, 3.63) is 22.8 Å². The number of hydrogen-bond donors (Lipinski definition) is 0. The van der Waals surface area contributed by atoms with E-state index in [-0.39, 0.29) is 28.5 Å². The van der Waals surface area contributed by atoms with Crippen LogP contribution in [0.3, 0.4) is 0 Å². The lowest BCUT2D eigenvalue weighted by Crippen LogP contribution is -2.16. The molecule has 0 bridgehead atoms. The van der Waals surface area contributed by atoms with Gasteiger partial charge in [-0.2, -0.15) is 0 Å². The predicted molar refractivity (Wildman–Crippen MR) is 107 cm³/mol. The van der Waals surface area contributed by atoms with Crippen molar-refractivity contribution in [2.45, 2.75) is 31.5 Å². The van der Waals surface area contributed by atoms with Crippen molar-refractivity contribution in [2.75, 3.05) is 20.8 Å². The highest BCUT2D eigenvalue weighted by Gasteiger charge is 2.23. The van der Waals surface area contributed by atoms with Crippen LogP contribution in [0.4, 0.5) is 4.39 Å². The zero-order valence-corrected chi connectivity index (χ0v) is 18.0. The third-order valence-corrected chi connectivity index (χ3v) is 5.62. The number of benzene rings is 1. The Bertz CT molecular complexity index is 833. The van der Waals surface area contributed by atoms with Gasteiger partial charge in [0.15, 0.2) is 23.1 Å². The van der Waals surface area contributed by atoms with Crippen molar-refractivity contribution in [2.24, 2.45) is 5.92 Å². The van der Waals surface area contributed by atoms with Crippen molar-refractivity contribution in [1.82, 2.24) is 0 Å². The first-order valence-corrected chi connectivity index (χ1v) is 10.2. The maximum Gasteiger partial charge on any atom is 0.308 e. The second-order valence-corrected chi connectivity index (χ2v) is 8.86. The van der Waals surface area contributed by atoms with Gasteiger partial charge in [0.1, 0.15) is 0 Å². The minimum absolute atomic E-state index is 0.00471. The van der Waals surface area contributed by atoms with E-state index in [9.17, 15) is 14.0 Å². The van der Waals surface area contributed by atoms with E-state index in [0.717, 1.165) is 11.3 Å². The fourth-order valence-electron chi connectivity index (χ4n) is 2.51. The lowest BCUT2D eigenvalue weighted by atomic mass is 10.0. The molecule has 5 nitrogen and oxygen atoms in total. The predicted octanol–water partition coefficient (Wildman–Crippen LogP) is 4.98. The number of rotatable bonds is 9. The van der Waals surface area contributed by atoms with Crippen molar-refractivity contribution in [1.29, 1.82) is 0 Å². The second-order valence-electron chi connectivity index (χ2n) is 6.21. The number of fused-ring (bicyclic) bond motifs is 1. The first-order valence-electron chi connectivity index (χ1n) is 8.46. The largest absolute Gasteiger partial charge is 0.493 e. The van der Waals surface area contributed by atoms with Gasteiger partial charge in [-0.25, -0.2) is 4.39 Å². The Balaban J connectivity index is 2.31. The number of ketones is 1. The fraction of sp³-hybridized carbons (Fsp3) is 0.474. The summed E-state index contributed by atoms with van der Waals surface area (Å²) in [6.45, 7) is 3.93. The molecule has 0 spiro atoms. The summed E-state index contributed by atoms with van der Waals surface area (Å²) in [5.41, 5.74) is 0. The van der Waals surface area contributed by atoms with Crippen LogP contribution in [0.5, 0.6) is 11.5 Å². The first-order chi connectivity index (χ1) is 12.8. The maximum atomic E-state index is 15.0. The highest BCUT2D eigenvalue weighted by atomic mass is 79.9. The molecule has 2 aromatic rings. The van der Waals surface area contributed by atoms with Gasteiger partial charge in [-0.3, -0.25) is 9.59 Å². The smallest absolute Gasteiger partial charge is 0.308 e. The third kappa shape index (κ3) is 5.19. The summed E-state index contributed by atoms with van der Waals surface area (Å²) in [5, 5.41) is 0.303. The van der Waals surface area contributed by atoms with Gasteiger partial charge in [-0.15, -0.1) is 11.3 Å². The average Bonchev–Trinajstić information content (AvgIpc) is 3.06. The number of esters is 1. The Labute approximate surface area is 169 Å².